The second kappa shape index (κ2) is 8.92. The summed E-state index contributed by atoms with van der Waals surface area (Å²) in [5, 5.41) is 4.21. The number of halogens is 2. The average Bonchev–Trinajstić information content (AvgIpc) is 3.18. The molecular formula is C25H23F2N3OS. The van der Waals surface area contributed by atoms with E-state index in [1.807, 2.05) is 18.2 Å². The maximum absolute atomic E-state index is 13.4. The molecule has 1 aliphatic rings. The first-order valence-electron chi connectivity index (χ1n) is 10.8. The van der Waals surface area contributed by atoms with Gasteiger partial charge in [0.05, 0.1) is 11.7 Å². The highest BCUT2D eigenvalue weighted by atomic mass is 32.1. The number of nitrogens with zero attached hydrogens (tertiary/aromatic N) is 2. The Morgan fingerprint density at radius 1 is 1.09 bits per heavy atom. The molecule has 0 radical (unpaired) electrons. The van der Waals surface area contributed by atoms with E-state index >= 15 is 0 Å². The molecule has 32 heavy (non-hydrogen) atoms. The third-order valence-corrected chi connectivity index (χ3v) is 7.26. The number of aryl methyl sites for hydroxylation is 3. The predicted molar refractivity (Wildman–Crippen MR) is 123 cm³/mol. The quantitative estimate of drug-likeness (QED) is 0.465. The number of thiophene rings is 1. The second-order valence-electron chi connectivity index (χ2n) is 8.23. The van der Waals surface area contributed by atoms with Gasteiger partial charge in [-0.25, -0.2) is 13.8 Å². The molecule has 0 bridgehead atoms. The summed E-state index contributed by atoms with van der Waals surface area (Å²) in [7, 11) is 0. The summed E-state index contributed by atoms with van der Waals surface area (Å²) in [6.07, 6.45) is 4.96. The Morgan fingerprint density at radius 3 is 2.75 bits per heavy atom. The Morgan fingerprint density at radius 2 is 1.94 bits per heavy atom. The Bertz CT molecular complexity index is 1320. The van der Waals surface area contributed by atoms with E-state index in [-0.39, 0.29) is 11.6 Å². The fourth-order valence-corrected chi connectivity index (χ4v) is 5.60. The van der Waals surface area contributed by atoms with Gasteiger partial charge in [0.15, 0.2) is 11.6 Å². The van der Waals surface area contributed by atoms with Gasteiger partial charge in [0, 0.05) is 24.0 Å². The number of hydrogen-bond acceptors (Lipinski definition) is 4. The maximum Gasteiger partial charge on any atom is 0.262 e. The minimum absolute atomic E-state index is 0.0385. The van der Waals surface area contributed by atoms with Crippen molar-refractivity contribution in [1.29, 1.82) is 0 Å². The standard InChI is InChI=1S/C25H23F2N3OS/c26-20-9-6-17(12-21(20)27)14-28-18-7-8-19-22(13-18)32-24-23(19)25(31)30(15-29-24)11-10-16-4-2-1-3-5-16/h1-6,9,12,15,18,28H,7-8,10-11,13-14H2. The van der Waals surface area contributed by atoms with Crippen molar-refractivity contribution >= 4 is 21.6 Å². The van der Waals surface area contributed by atoms with Crippen molar-refractivity contribution in [2.24, 2.45) is 0 Å². The van der Waals surface area contributed by atoms with Crippen molar-refractivity contribution in [2.45, 2.75) is 44.8 Å². The molecule has 1 atom stereocenters. The SMILES string of the molecule is O=c1c2c3c(sc2ncn1CCc1ccccc1)CC(NCc1ccc(F)c(F)c1)CC3. The fraction of sp³-hybridized carbons (Fsp3) is 0.280. The van der Waals surface area contributed by atoms with Gasteiger partial charge in [-0.3, -0.25) is 9.36 Å². The molecule has 0 amide bonds. The number of benzene rings is 2. The van der Waals surface area contributed by atoms with Crippen molar-refractivity contribution in [2.75, 3.05) is 0 Å². The van der Waals surface area contributed by atoms with Gasteiger partial charge in [-0.2, -0.15) is 0 Å². The lowest BCUT2D eigenvalue weighted by atomic mass is 9.93. The van der Waals surface area contributed by atoms with Crippen LogP contribution in [0.15, 0.2) is 59.7 Å². The number of nitrogens with one attached hydrogen (secondary N) is 1. The maximum atomic E-state index is 13.4. The van der Waals surface area contributed by atoms with Crippen LogP contribution in [0.2, 0.25) is 0 Å². The van der Waals surface area contributed by atoms with E-state index in [0.717, 1.165) is 47.5 Å². The molecule has 4 nitrogen and oxygen atoms in total. The van der Waals surface area contributed by atoms with E-state index < -0.39 is 11.6 Å². The highest BCUT2D eigenvalue weighted by Gasteiger charge is 2.25. The van der Waals surface area contributed by atoms with Gasteiger partial charge in [-0.05, 0) is 54.5 Å². The molecule has 2 heterocycles. The third-order valence-electron chi connectivity index (χ3n) is 6.10. The van der Waals surface area contributed by atoms with Crippen LogP contribution in [0.5, 0.6) is 0 Å². The predicted octanol–water partition coefficient (Wildman–Crippen LogP) is 4.63. The first-order chi connectivity index (χ1) is 15.6. The zero-order chi connectivity index (χ0) is 22.1. The van der Waals surface area contributed by atoms with Gasteiger partial charge in [-0.1, -0.05) is 36.4 Å². The minimum atomic E-state index is -0.830. The lowest BCUT2D eigenvalue weighted by Crippen LogP contribution is -2.34. The Balaban J connectivity index is 1.31. The molecule has 0 saturated carbocycles. The summed E-state index contributed by atoms with van der Waals surface area (Å²) < 4.78 is 28.3. The average molecular weight is 452 g/mol. The van der Waals surface area contributed by atoms with E-state index in [1.54, 1.807) is 28.3 Å². The van der Waals surface area contributed by atoms with E-state index in [9.17, 15) is 13.6 Å². The molecule has 5 rings (SSSR count). The fourth-order valence-electron chi connectivity index (χ4n) is 4.34. The van der Waals surface area contributed by atoms with Crippen molar-refractivity contribution in [3.05, 3.63) is 98.4 Å². The van der Waals surface area contributed by atoms with Crippen LogP contribution in [-0.4, -0.2) is 15.6 Å². The van der Waals surface area contributed by atoms with Crippen molar-refractivity contribution in [1.82, 2.24) is 14.9 Å². The van der Waals surface area contributed by atoms with Crippen LogP contribution in [0.4, 0.5) is 8.78 Å². The van der Waals surface area contributed by atoms with E-state index in [1.165, 1.54) is 16.5 Å². The number of rotatable bonds is 6. The lowest BCUT2D eigenvalue weighted by molar-refractivity contribution is 0.459. The summed E-state index contributed by atoms with van der Waals surface area (Å²) in [6, 6.07) is 14.3. The molecule has 0 aliphatic heterocycles. The molecule has 0 saturated heterocycles. The monoisotopic (exact) mass is 451 g/mol. The molecule has 1 aliphatic carbocycles. The zero-order valence-corrected chi connectivity index (χ0v) is 18.3. The largest absolute Gasteiger partial charge is 0.310 e. The Hall–Kier alpha value is -2.90. The molecule has 0 fully saturated rings. The number of fused-ring (bicyclic) bond motifs is 3. The van der Waals surface area contributed by atoms with Crippen LogP contribution >= 0.6 is 11.3 Å². The third kappa shape index (κ3) is 4.23. The summed E-state index contributed by atoms with van der Waals surface area (Å²) in [5.74, 6) is -1.65. The summed E-state index contributed by atoms with van der Waals surface area (Å²) in [4.78, 5) is 19.8. The van der Waals surface area contributed by atoms with Gasteiger partial charge in [-0.15, -0.1) is 11.3 Å². The summed E-state index contributed by atoms with van der Waals surface area (Å²) >= 11 is 1.59. The van der Waals surface area contributed by atoms with Crippen LogP contribution in [0.1, 0.15) is 28.0 Å². The van der Waals surface area contributed by atoms with E-state index in [0.29, 0.717) is 18.7 Å². The molecule has 0 spiro atoms. The van der Waals surface area contributed by atoms with Crippen molar-refractivity contribution in [3.63, 3.8) is 0 Å². The summed E-state index contributed by atoms with van der Waals surface area (Å²) in [5.41, 5.74) is 3.08. The van der Waals surface area contributed by atoms with Crippen LogP contribution in [0.3, 0.4) is 0 Å². The normalized spacial score (nSPS) is 15.8. The first-order valence-corrected chi connectivity index (χ1v) is 11.6. The molecule has 164 valence electrons. The highest BCUT2D eigenvalue weighted by molar-refractivity contribution is 7.18. The molecular weight excluding hydrogens is 428 g/mol. The van der Waals surface area contributed by atoms with Gasteiger partial charge < -0.3 is 5.32 Å². The van der Waals surface area contributed by atoms with Gasteiger partial charge >= 0.3 is 0 Å². The van der Waals surface area contributed by atoms with Crippen LogP contribution < -0.4 is 10.9 Å². The van der Waals surface area contributed by atoms with Crippen LogP contribution in [0, 0.1) is 11.6 Å². The van der Waals surface area contributed by atoms with E-state index in [4.69, 9.17) is 0 Å². The molecule has 1 N–H and O–H groups in total. The second-order valence-corrected chi connectivity index (χ2v) is 9.32. The number of aromatic nitrogens is 2. The first kappa shape index (κ1) is 21.0. The van der Waals surface area contributed by atoms with Crippen molar-refractivity contribution in [3.8, 4) is 0 Å². The number of hydrogen-bond donors (Lipinski definition) is 1. The zero-order valence-electron chi connectivity index (χ0n) is 17.5. The smallest absolute Gasteiger partial charge is 0.262 e. The van der Waals surface area contributed by atoms with Gasteiger partial charge in [0.1, 0.15) is 4.83 Å². The molecule has 2 aromatic heterocycles. The minimum Gasteiger partial charge on any atom is -0.310 e. The molecule has 4 aromatic rings. The molecule has 2 aromatic carbocycles. The Kier molecular flexibility index (Phi) is 5.85. The summed E-state index contributed by atoms with van der Waals surface area (Å²) in [6.45, 7) is 1.08. The van der Waals surface area contributed by atoms with E-state index in [2.05, 4.69) is 22.4 Å². The van der Waals surface area contributed by atoms with Crippen LogP contribution in [-0.2, 0) is 32.4 Å². The highest BCUT2D eigenvalue weighted by Crippen LogP contribution is 2.33. The molecule has 7 heteroatoms. The lowest BCUT2D eigenvalue weighted by Gasteiger charge is -2.23. The van der Waals surface area contributed by atoms with Gasteiger partial charge in [0.2, 0.25) is 0 Å². The van der Waals surface area contributed by atoms with Crippen LogP contribution in [0.25, 0.3) is 10.2 Å². The topological polar surface area (TPSA) is 46.9 Å². The van der Waals surface area contributed by atoms with Gasteiger partial charge in [0.25, 0.3) is 5.56 Å². The van der Waals surface area contributed by atoms with Crippen molar-refractivity contribution < 1.29 is 8.78 Å². The Labute approximate surface area is 188 Å². The molecule has 1 unspecified atom stereocenters.